The zero-order valence-electron chi connectivity index (χ0n) is 8.69. The van der Waals surface area contributed by atoms with Gasteiger partial charge in [-0.15, -0.1) is 0 Å². The molecule has 0 atom stereocenters. The molecule has 0 unspecified atom stereocenters. The standard InChI is InChI=1S/C12H12N2O2/c13-7-1-3-11(15)9(5-7)10-6-8(14)2-4-12(10)16/h1-2,5-6H,3-4,13-14H2. The van der Waals surface area contributed by atoms with Gasteiger partial charge in [0.1, 0.15) is 0 Å². The molecular weight excluding hydrogens is 204 g/mol. The number of ketones is 2. The van der Waals surface area contributed by atoms with Crippen molar-refractivity contribution in [1.82, 2.24) is 0 Å². The molecule has 0 aromatic heterocycles. The Morgan fingerprint density at radius 2 is 1.19 bits per heavy atom. The van der Waals surface area contributed by atoms with Gasteiger partial charge in [-0.3, -0.25) is 9.59 Å². The van der Waals surface area contributed by atoms with E-state index >= 15 is 0 Å². The average molecular weight is 216 g/mol. The van der Waals surface area contributed by atoms with Crippen LogP contribution < -0.4 is 11.5 Å². The second kappa shape index (κ2) is 3.81. The molecule has 0 aromatic rings. The van der Waals surface area contributed by atoms with Crippen molar-refractivity contribution in [2.75, 3.05) is 0 Å². The van der Waals surface area contributed by atoms with Crippen LogP contribution in [0.25, 0.3) is 0 Å². The van der Waals surface area contributed by atoms with Crippen LogP contribution in [0.1, 0.15) is 12.8 Å². The number of allylic oxidation sites excluding steroid dienone is 6. The Morgan fingerprint density at radius 1 is 0.812 bits per heavy atom. The molecule has 0 heterocycles. The number of nitrogens with two attached hydrogens (primary N) is 2. The summed E-state index contributed by atoms with van der Waals surface area (Å²) in [4.78, 5) is 23.3. The van der Waals surface area contributed by atoms with Gasteiger partial charge in [-0.05, 0) is 12.2 Å². The number of Topliss-reactive ketones (excluding diaryl/α,β-unsaturated/α-hetero) is 2. The highest BCUT2D eigenvalue weighted by molar-refractivity contribution is 6.14. The molecule has 0 amide bonds. The molecule has 0 bridgehead atoms. The van der Waals surface area contributed by atoms with E-state index in [1.165, 1.54) is 12.2 Å². The number of hydrogen-bond donors (Lipinski definition) is 2. The molecule has 0 saturated carbocycles. The summed E-state index contributed by atoms with van der Waals surface area (Å²) in [6.45, 7) is 0. The van der Waals surface area contributed by atoms with Crippen LogP contribution >= 0.6 is 0 Å². The minimum absolute atomic E-state index is 0.0940. The molecule has 0 spiro atoms. The van der Waals surface area contributed by atoms with Gasteiger partial charge in [-0.2, -0.15) is 0 Å². The molecule has 2 aliphatic carbocycles. The first-order valence-corrected chi connectivity index (χ1v) is 4.99. The third kappa shape index (κ3) is 1.82. The van der Waals surface area contributed by atoms with Crippen molar-refractivity contribution in [1.29, 1.82) is 0 Å². The number of carbonyl (C=O) groups is 2. The Hall–Kier alpha value is -2.10. The van der Waals surface area contributed by atoms with Gasteiger partial charge < -0.3 is 11.5 Å². The van der Waals surface area contributed by atoms with E-state index in [1.807, 2.05) is 0 Å². The van der Waals surface area contributed by atoms with Crippen molar-refractivity contribution < 1.29 is 9.59 Å². The van der Waals surface area contributed by atoms with Gasteiger partial charge in [-0.1, -0.05) is 12.2 Å². The van der Waals surface area contributed by atoms with Crippen molar-refractivity contribution in [2.24, 2.45) is 11.5 Å². The van der Waals surface area contributed by atoms with Crippen LogP contribution in [-0.4, -0.2) is 11.6 Å². The summed E-state index contributed by atoms with van der Waals surface area (Å²) < 4.78 is 0. The maximum Gasteiger partial charge on any atom is 0.167 e. The Bertz CT molecular complexity index is 447. The molecule has 2 rings (SSSR count). The van der Waals surface area contributed by atoms with Crippen LogP contribution in [0.2, 0.25) is 0 Å². The van der Waals surface area contributed by atoms with Gasteiger partial charge in [0.15, 0.2) is 11.6 Å². The van der Waals surface area contributed by atoms with Crippen LogP contribution in [0, 0.1) is 0 Å². The number of hydrogen-bond acceptors (Lipinski definition) is 4. The summed E-state index contributed by atoms with van der Waals surface area (Å²) in [5.41, 5.74) is 13.0. The van der Waals surface area contributed by atoms with E-state index in [9.17, 15) is 9.59 Å². The van der Waals surface area contributed by atoms with Gasteiger partial charge in [0.25, 0.3) is 0 Å². The lowest BCUT2D eigenvalue weighted by molar-refractivity contribution is -0.117. The van der Waals surface area contributed by atoms with Gasteiger partial charge in [0, 0.05) is 35.4 Å². The second-order valence-electron chi connectivity index (χ2n) is 3.78. The van der Waals surface area contributed by atoms with E-state index in [0.717, 1.165) is 0 Å². The predicted molar refractivity (Wildman–Crippen MR) is 60.0 cm³/mol. The summed E-state index contributed by atoms with van der Waals surface area (Å²) in [6, 6.07) is 0. The third-order valence-corrected chi connectivity index (χ3v) is 2.56. The Balaban J connectivity index is 2.44. The van der Waals surface area contributed by atoms with Gasteiger partial charge in [-0.25, -0.2) is 0 Å². The highest BCUT2D eigenvalue weighted by Crippen LogP contribution is 2.24. The van der Waals surface area contributed by atoms with Crippen LogP contribution in [0.5, 0.6) is 0 Å². The SMILES string of the molecule is NC1=CCC(=O)C(C2=CC(N)=CCC2=O)=C1. The van der Waals surface area contributed by atoms with E-state index in [4.69, 9.17) is 11.5 Å². The smallest absolute Gasteiger partial charge is 0.167 e. The Kier molecular flexibility index (Phi) is 2.48. The summed E-state index contributed by atoms with van der Waals surface area (Å²) in [7, 11) is 0. The lowest BCUT2D eigenvalue weighted by Gasteiger charge is -2.15. The highest BCUT2D eigenvalue weighted by atomic mass is 16.1. The number of rotatable bonds is 1. The van der Waals surface area contributed by atoms with Crippen molar-refractivity contribution in [3.8, 4) is 0 Å². The predicted octanol–water partition coefficient (Wildman–Crippen LogP) is 0.470. The van der Waals surface area contributed by atoms with Crippen LogP contribution in [0.3, 0.4) is 0 Å². The zero-order chi connectivity index (χ0) is 11.7. The second-order valence-corrected chi connectivity index (χ2v) is 3.78. The lowest BCUT2D eigenvalue weighted by Crippen LogP contribution is -2.19. The van der Waals surface area contributed by atoms with E-state index in [2.05, 4.69) is 0 Å². The first kappa shape index (κ1) is 10.4. The maximum absolute atomic E-state index is 11.7. The Labute approximate surface area is 93.0 Å². The molecule has 0 radical (unpaired) electrons. The van der Waals surface area contributed by atoms with Crippen LogP contribution in [0.15, 0.2) is 46.8 Å². The monoisotopic (exact) mass is 216 g/mol. The topological polar surface area (TPSA) is 86.2 Å². The quantitative estimate of drug-likeness (QED) is 0.667. The molecule has 4 heteroatoms. The molecule has 4 N–H and O–H groups in total. The van der Waals surface area contributed by atoms with Crippen LogP contribution in [-0.2, 0) is 9.59 Å². The van der Waals surface area contributed by atoms with E-state index < -0.39 is 0 Å². The third-order valence-electron chi connectivity index (χ3n) is 2.56. The summed E-state index contributed by atoms with van der Waals surface area (Å²) in [6.07, 6.45) is 6.83. The van der Waals surface area contributed by atoms with Crippen LogP contribution in [0.4, 0.5) is 0 Å². The summed E-state index contributed by atoms with van der Waals surface area (Å²) >= 11 is 0. The molecule has 82 valence electrons. The van der Waals surface area contributed by atoms with Crippen molar-refractivity contribution in [3.05, 3.63) is 46.8 Å². The molecular formula is C12H12N2O2. The zero-order valence-corrected chi connectivity index (χ0v) is 8.69. The summed E-state index contributed by atoms with van der Waals surface area (Å²) in [5, 5.41) is 0. The lowest BCUT2D eigenvalue weighted by atomic mass is 9.88. The molecule has 0 fully saturated rings. The minimum atomic E-state index is -0.0940. The highest BCUT2D eigenvalue weighted by Gasteiger charge is 2.23. The Morgan fingerprint density at radius 3 is 1.56 bits per heavy atom. The normalized spacial score (nSPS) is 21.0. The van der Waals surface area contributed by atoms with Gasteiger partial charge in [0.05, 0.1) is 0 Å². The first-order valence-electron chi connectivity index (χ1n) is 4.99. The molecule has 16 heavy (non-hydrogen) atoms. The van der Waals surface area contributed by atoms with Crippen molar-refractivity contribution >= 4 is 11.6 Å². The van der Waals surface area contributed by atoms with Crippen molar-refractivity contribution in [2.45, 2.75) is 12.8 Å². The van der Waals surface area contributed by atoms with E-state index in [-0.39, 0.29) is 24.4 Å². The molecule has 4 nitrogen and oxygen atoms in total. The van der Waals surface area contributed by atoms with E-state index in [1.54, 1.807) is 12.2 Å². The fraction of sp³-hybridized carbons (Fsp3) is 0.167. The average Bonchev–Trinajstić information content (AvgIpc) is 2.25. The van der Waals surface area contributed by atoms with E-state index in [0.29, 0.717) is 22.5 Å². The minimum Gasteiger partial charge on any atom is -0.399 e. The molecule has 0 aliphatic heterocycles. The maximum atomic E-state index is 11.7. The first-order chi connectivity index (χ1) is 7.58. The summed E-state index contributed by atoms with van der Waals surface area (Å²) in [5.74, 6) is -0.188. The van der Waals surface area contributed by atoms with Gasteiger partial charge in [0.2, 0.25) is 0 Å². The van der Waals surface area contributed by atoms with Crippen molar-refractivity contribution in [3.63, 3.8) is 0 Å². The number of carbonyl (C=O) groups excluding carboxylic acids is 2. The van der Waals surface area contributed by atoms with Gasteiger partial charge >= 0.3 is 0 Å². The molecule has 0 saturated heterocycles. The fourth-order valence-corrected chi connectivity index (χ4v) is 1.71. The fourth-order valence-electron chi connectivity index (χ4n) is 1.71. The largest absolute Gasteiger partial charge is 0.399 e. The molecule has 2 aliphatic rings. The molecule has 0 aromatic carbocycles.